The third-order valence-corrected chi connectivity index (χ3v) is 3.30. The highest BCUT2D eigenvalue weighted by atomic mass is 16.1. The highest BCUT2D eigenvalue weighted by Gasteiger charge is 2.47. The van der Waals surface area contributed by atoms with E-state index in [1.165, 1.54) is 5.56 Å². The molecule has 2 heterocycles. The Hall–Kier alpha value is -1.84. The van der Waals surface area contributed by atoms with Crippen molar-refractivity contribution >= 4 is 11.9 Å². The van der Waals surface area contributed by atoms with Gasteiger partial charge in [-0.15, -0.1) is 0 Å². The predicted octanol–water partition coefficient (Wildman–Crippen LogP) is 1.38. The number of rotatable bonds is 3. The average Bonchev–Trinajstić information content (AvgIpc) is 2.91. The molecule has 82 valence electrons. The summed E-state index contributed by atoms with van der Waals surface area (Å²) in [7, 11) is 0. The Morgan fingerprint density at radius 1 is 1.56 bits per heavy atom. The highest BCUT2D eigenvalue weighted by molar-refractivity contribution is 5.56. The van der Waals surface area contributed by atoms with Gasteiger partial charge in [-0.1, -0.05) is 6.07 Å². The van der Waals surface area contributed by atoms with Crippen molar-refractivity contribution in [1.82, 2.24) is 14.7 Å². The van der Waals surface area contributed by atoms with Crippen molar-refractivity contribution in [2.75, 3.05) is 0 Å². The molecule has 1 saturated carbocycles. The Labute approximate surface area is 93.3 Å². The number of nitrogens with zero attached hydrogens (tertiary/aromatic N) is 2. The van der Waals surface area contributed by atoms with Crippen LogP contribution in [0.5, 0.6) is 0 Å². The van der Waals surface area contributed by atoms with Crippen molar-refractivity contribution in [3.8, 4) is 0 Å². The number of hydrogen-bond acceptors (Lipinski definition) is 2. The van der Waals surface area contributed by atoms with Gasteiger partial charge in [0.15, 0.2) is 0 Å². The van der Waals surface area contributed by atoms with Crippen LogP contribution >= 0.6 is 0 Å². The topological polar surface area (TPSA) is 46.4 Å². The van der Waals surface area contributed by atoms with Gasteiger partial charge in [0.05, 0.1) is 17.3 Å². The Morgan fingerprint density at radius 2 is 2.38 bits per heavy atom. The van der Waals surface area contributed by atoms with Crippen LogP contribution in [0.2, 0.25) is 0 Å². The van der Waals surface area contributed by atoms with Crippen molar-refractivity contribution in [2.45, 2.75) is 25.3 Å². The molecule has 3 rings (SSSR count). The van der Waals surface area contributed by atoms with Crippen LogP contribution in [0, 0.1) is 6.92 Å². The molecule has 0 radical (unpaired) electrons. The van der Waals surface area contributed by atoms with Crippen LogP contribution < -0.4 is 5.32 Å². The van der Waals surface area contributed by atoms with Gasteiger partial charge >= 0.3 is 0 Å². The number of fused-ring (bicyclic) bond motifs is 1. The summed E-state index contributed by atoms with van der Waals surface area (Å²) < 4.78 is 2.07. The fourth-order valence-corrected chi connectivity index (χ4v) is 2.19. The number of carbonyl (C=O) groups is 1. The van der Waals surface area contributed by atoms with Crippen LogP contribution in [0.1, 0.15) is 24.2 Å². The van der Waals surface area contributed by atoms with Gasteiger partial charge in [0.2, 0.25) is 6.41 Å². The van der Waals surface area contributed by atoms with Crippen molar-refractivity contribution in [3.63, 3.8) is 0 Å². The van der Waals surface area contributed by atoms with E-state index >= 15 is 0 Å². The molecule has 16 heavy (non-hydrogen) atoms. The summed E-state index contributed by atoms with van der Waals surface area (Å²) in [5.74, 6) is 0.943. The molecule has 2 aromatic rings. The number of carbonyl (C=O) groups excluding carboxylic acids is 1. The largest absolute Gasteiger partial charge is 0.346 e. The number of imidazole rings is 1. The van der Waals surface area contributed by atoms with Crippen LogP contribution in [0.4, 0.5) is 0 Å². The van der Waals surface area contributed by atoms with Gasteiger partial charge in [-0.2, -0.15) is 0 Å². The van der Waals surface area contributed by atoms with Gasteiger partial charge in [-0.3, -0.25) is 4.79 Å². The van der Waals surface area contributed by atoms with Crippen molar-refractivity contribution < 1.29 is 4.79 Å². The molecule has 0 aliphatic heterocycles. The third-order valence-electron chi connectivity index (χ3n) is 3.30. The summed E-state index contributed by atoms with van der Waals surface area (Å²) in [6, 6.07) is 4.07. The Kier molecular flexibility index (Phi) is 1.80. The van der Waals surface area contributed by atoms with E-state index < -0.39 is 0 Å². The summed E-state index contributed by atoms with van der Waals surface area (Å²) in [4.78, 5) is 15.1. The van der Waals surface area contributed by atoms with E-state index in [0.29, 0.717) is 0 Å². The molecule has 4 nitrogen and oxygen atoms in total. The SMILES string of the molecule is Cc1cccn2c(C3(NC=O)CC3)ncc12. The van der Waals surface area contributed by atoms with Crippen molar-refractivity contribution in [1.29, 1.82) is 0 Å². The molecular formula is C12H13N3O. The van der Waals surface area contributed by atoms with E-state index in [2.05, 4.69) is 27.7 Å². The van der Waals surface area contributed by atoms with Crippen LogP contribution in [-0.4, -0.2) is 15.8 Å². The number of aryl methyl sites for hydroxylation is 1. The lowest BCUT2D eigenvalue weighted by molar-refractivity contribution is -0.110. The van der Waals surface area contributed by atoms with Gasteiger partial charge in [-0.05, 0) is 31.4 Å². The summed E-state index contributed by atoms with van der Waals surface area (Å²) in [6.45, 7) is 2.06. The van der Waals surface area contributed by atoms with Gasteiger partial charge < -0.3 is 9.72 Å². The number of nitrogens with one attached hydrogen (secondary N) is 1. The summed E-state index contributed by atoms with van der Waals surface area (Å²) in [5, 5.41) is 2.88. The molecule has 0 bridgehead atoms. The van der Waals surface area contributed by atoms with Gasteiger partial charge in [0, 0.05) is 6.20 Å². The Morgan fingerprint density at radius 3 is 3.06 bits per heavy atom. The molecule has 1 fully saturated rings. The highest BCUT2D eigenvalue weighted by Crippen LogP contribution is 2.44. The predicted molar refractivity (Wildman–Crippen MR) is 60.0 cm³/mol. The van der Waals surface area contributed by atoms with E-state index in [1.54, 1.807) is 0 Å². The van der Waals surface area contributed by atoms with Crippen molar-refractivity contribution in [2.24, 2.45) is 0 Å². The summed E-state index contributed by atoms with van der Waals surface area (Å²) >= 11 is 0. The summed E-state index contributed by atoms with van der Waals surface area (Å²) in [5.41, 5.74) is 2.08. The maximum absolute atomic E-state index is 10.6. The lowest BCUT2D eigenvalue weighted by Gasteiger charge is -2.12. The number of hydrogen-bond donors (Lipinski definition) is 1. The molecule has 2 aromatic heterocycles. The smallest absolute Gasteiger partial charge is 0.207 e. The zero-order valence-corrected chi connectivity index (χ0v) is 9.10. The van der Waals surface area contributed by atoms with E-state index in [9.17, 15) is 4.79 Å². The average molecular weight is 215 g/mol. The second-order valence-electron chi connectivity index (χ2n) is 4.37. The molecule has 4 heteroatoms. The van der Waals surface area contributed by atoms with Crippen molar-refractivity contribution in [3.05, 3.63) is 35.9 Å². The molecule has 0 spiro atoms. The van der Waals surface area contributed by atoms with E-state index in [0.717, 1.165) is 30.6 Å². The first-order chi connectivity index (χ1) is 7.77. The van der Waals surface area contributed by atoms with Gasteiger partial charge in [-0.25, -0.2) is 4.98 Å². The molecule has 1 N–H and O–H groups in total. The van der Waals surface area contributed by atoms with E-state index in [-0.39, 0.29) is 5.54 Å². The Bertz CT molecular complexity index is 554. The van der Waals surface area contributed by atoms with Crippen LogP contribution in [0.15, 0.2) is 24.5 Å². The molecule has 0 atom stereocenters. The first kappa shape index (κ1) is 9.39. The molecule has 1 aliphatic carbocycles. The maximum Gasteiger partial charge on any atom is 0.207 e. The molecule has 1 amide bonds. The van der Waals surface area contributed by atoms with E-state index in [4.69, 9.17) is 0 Å². The van der Waals surface area contributed by atoms with Gasteiger partial charge in [0.25, 0.3) is 0 Å². The zero-order chi connectivity index (χ0) is 11.2. The fourth-order valence-electron chi connectivity index (χ4n) is 2.19. The van der Waals surface area contributed by atoms with Crippen LogP contribution in [0.3, 0.4) is 0 Å². The number of pyridine rings is 1. The first-order valence-electron chi connectivity index (χ1n) is 5.41. The molecule has 1 aliphatic rings. The minimum atomic E-state index is -0.220. The monoisotopic (exact) mass is 215 g/mol. The quantitative estimate of drug-likeness (QED) is 0.786. The lowest BCUT2D eigenvalue weighted by atomic mass is 10.2. The third kappa shape index (κ3) is 1.16. The fraction of sp³-hybridized carbons (Fsp3) is 0.333. The zero-order valence-electron chi connectivity index (χ0n) is 9.10. The standard InChI is InChI=1S/C12H13N3O/c1-9-3-2-6-15-10(9)7-13-11(15)12(4-5-12)14-8-16/h2-3,6-8H,4-5H2,1H3,(H,14,16). The molecule has 0 saturated heterocycles. The molecule has 0 unspecified atom stereocenters. The molecular weight excluding hydrogens is 202 g/mol. The normalized spacial score (nSPS) is 17.3. The second-order valence-corrected chi connectivity index (χ2v) is 4.37. The second kappa shape index (κ2) is 3.07. The minimum absolute atomic E-state index is 0.220. The number of aromatic nitrogens is 2. The molecule has 0 aromatic carbocycles. The minimum Gasteiger partial charge on any atom is -0.346 e. The van der Waals surface area contributed by atoms with E-state index in [1.807, 2.05) is 18.5 Å². The first-order valence-corrected chi connectivity index (χ1v) is 5.41. The number of amides is 1. The van der Waals surface area contributed by atoms with Crippen LogP contribution in [0.25, 0.3) is 5.52 Å². The van der Waals surface area contributed by atoms with Gasteiger partial charge in [0.1, 0.15) is 5.82 Å². The summed E-state index contributed by atoms with van der Waals surface area (Å²) in [6.07, 6.45) is 6.58. The lowest BCUT2D eigenvalue weighted by Crippen LogP contribution is -2.29. The maximum atomic E-state index is 10.6. The Balaban J connectivity index is 2.18. The van der Waals surface area contributed by atoms with Crippen LogP contribution in [-0.2, 0) is 10.3 Å².